The summed E-state index contributed by atoms with van der Waals surface area (Å²) in [6.07, 6.45) is 2.84. The average Bonchev–Trinajstić information content (AvgIpc) is 2.49. The Kier molecular flexibility index (Phi) is 6.59. The number of hydrogen-bond donors (Lipinski definition) is 0. The maximum absolute atomic E-state index is 11.0. The number of rotatable bonds is 4. The molecule has 0 saturated heterocycles. The summed E-state index contributed by atoms with van der Waals surface area (Å²) in [5.74, 6) is 0. The van der Waals surface area contributed by atoms with Crippen LogP contribution in [0.25, 0.3) is 0 Å². The lowest BCUT2D eigenvalue weighted by Crippen LogP contribution is -1.96. The molecule has 0 unspecified atom stereocenters. The molecule has 0 atom stereocenters. The molecule has 0 fully saturated rings. The van der Waals surface area contributed by atoms with Crippen LogP contribution in [0.5, 0.6) is 0 Å². The molecule has 2 aromatic rings. The van der Waals surface area contributed by atoms with E-state index in [9.17, 15) is 4.79 Å². The summed E-state index contributed by atoms with van der Waals surface area (Å²) >= 11 is 0. The highest BCUT2D eigenvalue weighted by molar-refractivity contribution is 5.77. The topological polar surface area (TPSA) is 17.1 Å². The van der Waals surface area contributed by atoms with Crippen LogP contribution in [-0.4, -0.2) is 6.29 Å². The monoisotopic (exact) mass is 254 g/mol. The van der Waals surface area contributed by atoms with Gasteiger partial charge in [0.05, 0.1) is 0 Å². The Labute approximate surface area is 116 Å². The molecule has 0 aliphatic carbocycles. The van der Waals surface area contributed by atoms with E-state index in [1.807, 2.05) is 45.0 Å². The SMILES string of the molecule is CC.Cc1ccc(CCc2ccccc2)c(C=O)c1. The summed E-state index contributed by atoms with van der Waals surface area (Å²) in [7, 11) is 0. The van der Waals surface area contributed by atoms with E-state index >= 15 is 0 Å². The van der Waals surface area contributed by atoms with Crippen LogP contribution in [0.4, 0.5) is 0 Å². The van der Waals surface area contributed by atoms with Gasteiger partial charge in [-0.2, -0.15) is 0 Å². The fraction of sp³-hybridized carbons (Fsp3) is 0.278. The van der Waals surface area contributed by atoms with E-state index in [1.165, 1.54) is 5.56 Å². The summed E-state index contributed by atoms with van der Waals surface area (Å²) in [5, 5.41) is 0. The zero-order chi connectivity index (χ0) is 14.1. The minimum atomic E-state index is 0.820. The van der Waals surface area contributed by atoms with Gasteiger partial charge in [0, 0.05) is 5.56 Å². The van der Waals surface area contributed by atoms with E-state index < -0.39 is 0 Å². The smallest absolute Gasteiger partial charge is 0.150 e. The maximum atomic E-state index is 11.0. The lowest BCUT2D eigenvalue weighted by Gasteiger charge is -2.06. The Morgan fingerprint density at radius 2 is 1.63 bits per heavy atom. The van der Waals surface area contributed by atoms with Crippen LogP contribution in [0.15, 0.2) is 48.5 Å². The van der Waals surface area contributed by atoms with Gasteiger partial charge in [0.2, 0.25) is 0 Å². The first-order valence-electron chi connectivity index (χ1n) is 6.88. The van der Waals surface area contributed by atoms with Gasteiger partial charge in [0.1, 0.15) is 6.29 Å². The fourth-order valence-corrected chi connectivity index (χ4v) is 1.98. The van der Waals surface area contributed by atoms with Gasteiger partial charge < -0.3 is 0 Å². The molecule has 0 bridgehead atoms. The lowest BCUT2D eigenvalue weighted by atomic mass is 9.99. The summed E-state index contributed by atoms with van der Waals surface area (Å²) < 4.78 is 0. The molecule has 0 amide bonds. The first kappa shape index (κ1) is 15.2. The van der Waals surface area contributed by atoms with Crippen LogP contribution in [-0.2, 0) is 12.8 Å². The van der Waals surface area contributed by atoms with Crippen LogP contribution in [0.2, 0.25) is 0 Å². The van der Waals surface area contributed by atoms with E-state index in [-0.39, 0.29) is 0 Å². The van der Waals surface area contributed by atoms with Crippen molar-refractivity contribution in [1.29, 1.82) is 0 Å². The highest BCUT2D eigenvalue weighted by Gasteiger charge is 2.02. The molecular weight excluding hydrogens is 232 g/mol. The van der Waals surface area contributed by atoms with Gasteiger partial charge in [0.25, 0.3) is 0 Å². The minimum Gasteiger partial charge on any atom is -0.298 e. The van der Waals surface area contributed by atoms with Crippen molar-refractivity contribution in [2.45, 2.75) is 33.6 Å². The summed E-state index contributed by atoms with van der Waals surface area (Å²) in [6, 6.07) is 16.4. The Bertz CT molecular complexity index is 500. The lowest BCUT2D eigenvalue weighted by molar-refractivity contribution is 0.112. The zero-order valence-electron chi connectivity index (χ0n) is 12.0. The van der Waals surface area contributed by atoms with Crippen molar-refractivity contribution in [2.75, 3.05) is 0 Å². The van der Waals surface area contributed by atoms with Gasteiger partial charge in [-0.25, -0.2) is 0 Å². The maximum Gasteiger partial charge on any atom is 0.150 e. The van der Waals surface area contributed by atoms with Gasteiger partial charge in [-0.05, 0) is 37.0 Å². The molecule has 0 radical (unpaired) electrons. The quantitative estimate of drug-likeness (QED) is 0.728. The van der Waals surface area contributed by atoms with Crippen molar-refractivity contribution in [3.8, 4) is 0 Å². The Morgan fingerprint density at radius 1 is 0.947 bits per heavy atom. The van der Waals surface area contributed by atoms with Crippen molar-refractivity contribution in [2.24, 2.45) is 0 Å². The van der Waals surface area contributed by atoms with Crippen LogP contribution in [0, 0.1) is 6.92 Å². The standard InChI is InChI=1S/C16H16O.C2H6/c1-13-7-9-15(16(11-13)12-17)10-8-14-5-3-2-4-6-14;1-2/h2-7,9,11-12H,8,10H2,1H3;1-2H3. The molecule has 0 aliphatic heterocycles. The molecule has 0 aliphatic rings. The third-order valence-electron chi connectivity index (χ3n) is 2.95. The second-order valence-corrected chi connectivity index (χ2v) is 4.31. The number of hydrogen-bond acceptors (Lipinski definition) is 1. The van der Waals surface area contributed by atoms with Crippen molar-refractivity contribution in [3.63, 3.8) is 0 Å². The number of carbonyl (C=O) groups is 1. The van der Waals surface area contributed by atoms with Crippen molar-refractivity contribution < 1.29 is 4.79 Å². The summed E-state index contributed by atoms with van der Waals surface area (Å²) in [5.41, 5.74) is 4.40. The predicted octanol–water partition coefficient (Wildman–Crippen LogP) is 4.62. The molecule has 2 aromatic carbocycles. The van der Waals surface area contributed by atoms with Crippen LogP contribution in [0.3, 0.4) is 0 Å². The number of benzene rings is 2. The van der Waals surface area contributed by atoms with Crippen LogP contribution < -0.4 is 0 Å². The van der Waals surface area contributed by atoms with Gasteiger partial charge in [-0.1, -0.05) is 61.9 Å². The molecule has 0 N–H and O–H groups in total. The Hall–Kier alpha value is -1.89. The van der Waals surface area contributed by atoms with Crippen LogP contribution in [0.1, 0.15) is 40.9 Å². The third kappa shape index (κ3) is 4.70. The summed E-state index contributed by atoms with van der Waals surface area (Å²) in [6.45, 7) is 6.01. The van der Waals surface area contributed by atoms with E-state index in [0.29, 0.717) is 0 Å². The minimum absolute atomic E-state index is 0.820. The number of aldehydes is 1. The zero-order valence-corrected chi connectivity index (χ0v) is 12.0. The first-order valence-corrected chi connectivity index (χ1v) is 6.88. The Morgan fingerprint density at radius 3 is 2.26 bits per heavy atom. The van der Waals surface area contributed by atoms with Crippen molar-refractivity contribution in [1.82, 2.24) is 0 Å². The molecule has 1 heteroatoms. The normalized spacial score (nSPS) is 9.42. The number of aryl methyl sites for hydroxylation is 3. The van der Waals surface area contributed by atoms with E-state index in [4.69, 9.17) is 0 Å². The second-order valence-electron chi connectivity index (χ2n) is 4.31. The molecule has 0 spiro atoms. The molecule has 0 aromatic heterocycles. The molecule has 19 heavy (non-hydrogen) atoms. The molecule has 0 saturated carbocycles. The van der Waals surface area contributed by atoms with E-state index in [1.54, 1.807) is 0 Å². The molecule has 100 valence electrons. The fourth-order valence-electron chi connectivity index (χ4n) is 1.98. The highest BCUT2D eigenvalue weighted by Crippen LogP contribution is 2.13. The summed E-state index contributed by atoms with van der Waals surface area (Å²) in [4.78, 5) is 11.0. The highest BCUT2D eigenvalue weighted by atomic mass is 16.1. The van der Waals surface area contributed by atoms with Gasteiger partial charge in [-0.3, -0.25) is 4.79 Å². The molecule has 1 nitrogen and oxygen atoms in total. The van der Waals surface area contributed by atoms with E-state index in [0.717, 1.165) is 35.8 Å². The number of carbonyl (C=O) groups excluding carboxylic acids is 1. The van der Waals surface area contributed by atoms with Gasteiger partial charge in [0.15, 0.2) is 0 Å². The van der Waals surface area contributed by atoms with Crippen molar-refractivity contribution >= 4 is 6.29 Å². The first-order chi connectivity index (χ1) is 9.29. The molecule has 2 rings (SSSR count). The van der Waals surface area contributed by atoms with E-state index in [2.05, 4.69) is 24.3 Å². The average molecular weight is 254 g/mol. The third-order valence-corrected chi connectivity index (χ3v) is 2.95. The van der Waals surface area contributed by atoms with Gasteiger partial charge >= 0.3 is 0 Å². The molecule has 0 heterocycles. The van der Waals surface area contributed by atoms with Crippen LogP contribution >= 0.6 is 0 Å². The predicted molar refractivity (Wildman–Crippen MR) is 81.8 cm³/mol. The van der Waals surface area contributed by atoms with Gasteiger partial charge in [-0.15, -0.1) is 0 Å². The second kappa shape index (κ2) is 8.25. The van der Waals surface area contributed by atoms with Crippen molar-refractivity contribution in [3.05, 3.63) is 70.8 Å². The largest absolute Gasteiger partial charge is 0.298 e. The Balaban J connectivity index is 0.000000861. The molecular formula is C18H22O.